The molecule has 0 fully saturated rings. The van der Waals surface area contributed by atoms with Crippen molar-refractivity contribution in [2.45, 2.75) is 58.5 Å². The van der Waals surface area contributed by atoms with Crippen molar-refractivity contribution in [2.75, 3.05) is 0 Å². The van der Waals surface area contributed by atoms with E-state index in [0.29, 0.717) is 35.6 Å². The number of rotatable bonds is 14. The van der Waals surface area contributed by atoms with Gasteiger partial charge in [-0.15, -0.1) is 6.58 Å². The van der Waals surface area contributed by atoms with Gasteiger partial charge in [-0.3, -0.25) is 9.59 Å². The fraction of sp³-hybridized carbons (Fsp3) is 0.294. The van der Waals surface area contributed by atoms with Crippen molar-refractivity contribution in [2.24, 2.45) is 5.92 Å². The third kappa shape index (κ3) is 7.26. The molecule has 5 heteroatoms. The van der Waals surface area contributed by atoms with Crippen molar-refractivity contribution >= 4 is 17.3 Å². The Hall–Kier alpha value is -4.12. The van der Waals surface area contributed by atoms with Crippen LogP contribution in [0.4, 0.5) is 0 Å². The van der Waals surface area contributed by atoms with Crippen LogP contribution in [0.15, 0.2) is 91.6 Å². The fourth-order valence-corrected chi connectivity index (χ4v) is 4.93. The van der Waals surface area contributed by atoms with Crippen LogP contribution in [-0.2, 0) is 17.6 Å². The van der Waals surface area contributed by atoms with E-state index in [-0.39, 0.29) is 18.3 Å². The molecule has 202 valence electrons. The lowest BCUT2D eigenvalue weighted by Crippen LogP contribution is -2.08. The number of fused-ring (bicyclic) bond motifs is 1. The lowest BCUT2D eigenvalue weighted by molar-refractivity contribution is -0.137. The molecule has 5 nitrogen and oxygen atoms in total. The molecular weight excluding hydrogens is 486 g/mol. The third-order valence-corrected chi connectivity index (χ3v) is 6.85. The molecule has 0 bridgehead atoms. The number of hydrogen-bond acceptors (Lipinski definition) is 3. The van der Waals surface area contributed by atoms with Crippen molar-refractivity contribution in [3.63, 3.8) is 0 Å². The maximum atomic E-state index is 13.5. The second-order valence-electron chi connectivity index (χ2n) is 10.4. The van der Waals surface area contributed by atoms with Crippen molar-refractivity contribution in [1.82, 2.24) is 4.40 Å². The zero-order chi connectivity index (χ0) is 27.8. The summed E-state index contributed by atoms with van der Waals surface area (Å²) in [6.07, 6.45) is 7.62. The standard InChI is InChI=1S/C34H37NO4/c1-4-5-11-32(26-15-13-25(14-16-26)22-24(2)3)39-29-19-17-27(18-20-29)34(38)30-23-28(9-8-12-33(36)37)35-21-7-6-10-31(30)35/h4,6-7,10,13-21,23-24,32H,1,5,8-9,11-12,22H2,2-3H3,(H,36,37). The van der Waals surface area contributed by atoms with Gasteiger partial charge >= 0.3 is 5.97 Å². The third-order valence-electron chi connectivity index (χ3n) is 6.85. The minimum Gasteiger partial charge on any atom is -0.486 e. The quantitative estimate of drug-likeness (QED) is 0.135. The number of nitrogens with zero attached hydrogens (tertiary/aromatic N) is 1. The summed E-state index contributed by atoms with van der Waals surface area (Å²) in [5.41, 5.74) is 5.39. The highest BCUT2D eigenvalue weighted by Crippen LogP contribution is 2.28. The van der Waals surface area contributed by atoms with Crippen LogP contribution in [0.1, 0.15) is 78.4 Å². The zero-order valence-electron chi connectivity index (χ0n) is 22.8. The predicted molar refractivity (Wildman–Crippen MR) is 156 cm³/mol. The van der Waals surface area contributed by atoms with E-state index in [1.165, 1.54) is 5.56 Å². The Labute approximate surface area is 230 Å². The van der Waals surface area contributed by atoms with E-state index in [2.05, 4.69) is 44.7 Å². The van der Waals surface area contributed by atoms with Gasteiger partial charge in [0.1, 0.15) is 11.9 Å². The van der Waals surface area contributed by atoms with Gasteiger partial charge in [0.2, 0.25) is 0 Å². The number of aliphatic carboxylic acids is 1. The van der Waals surface area contributed by atoms with Crippen LogP contribution in [0, 0.1) is 5.92 Å². The maximum Gasteiger partial charge on any atom is 0.303 e. The van der Waals surface area contributed by atoms with E-state index in [1.54, 1.807) is 0 Å². The first kappa shape index (κ1) is 27.9. The normalized spacial score (nSPS) is 12.0. The molecule has 2 heterocycles. The molecule has 0 aliphatic carbocycles. The van der Waals surface area contributed by atoms with Gasteiger partial charge in [-0.05, 0) is 91.6 Å². The molecule has 2 aromatic heterocycles. The van der Waals surface area contributed by atoms with Crippen LogP contribution < -0.4 is 4.74 Å². The smallest absolute Gasteiger partial charge is 0.303 e. The summed E-state index contributed by atoms with van der Waals surface area (Å²) in [4.78, 5) is 24.5. The molecule has 0 saturated carbocycles. The van der Waals surface area contributed by atoms with Gasteiger partial charge in [0.15, 0.2) is 5.78 Å². The summed E-state index contributed by atoms with van der Waals surface area (Å²) in [6.45, 7) is 8.31. The molecule has 2 aromatic carbocycles. The summed E-state index contributed by atoms with van der Waals surface area (Å²) in [5, 5.41) is 8.99. The van der Waals surface area contributed by atoms with E-state index in [0.717, 1.165) is 36.0 Å². The minimum absolute atomic E-state index is 0.0707. The Morgan fingerprint density at radius 1 is 1.03 bits per heavy atom. The highest BCUT2D eigenvalue weighted by atomic mass is 16.5. The van der Waals surface area contributed by atoms with Crippen LogP contribution in [-0.4, -0.2) is 21.3 Å². The van der Waals surface area contributed by atoms with Crippen LogP contribution in [0.2, 0.25) is 0 Å². The van der Waals surface area contributed by atoms with Gasteiger partial charge in [-0.25, -0.2) is 0 Å². The molecule has 1 atom stereocenters. The highest BCUT2D eigenvalue weighted by Gasteiger charge is 2.18. The van der Waals surface area contributed by atoms with E-state index in [4.69, 9.17) is 9.84 Å². The second-order valence-corrected chi connectivity index (χ2v) is 10.4. The fourth-order valence-electron chi connectivity index (χ4n) is 4.93. The van der Waals surface area contributed by atoms with Crippen LogP contribution >= 0.6 is 0 Å². The molecular formula is C34H37NO4. The maximum absolute atomic E-state index is 13.5. The molecule has 0 spiro atoms. The molecule has 4 aromatic rings. The first-order valence-electron chi connectivity index (χ1n) is 13.7. The average Bonchev–Trinajstić information content (AvgIpc) is 3.29. The Morgan fingerprint density at radius 3 is 2.44 bits per heavy atom. The van der Waals surface area contributed by atoms with Crippen LogP contribution in [0.5, 0.6) is 5.75 Å². The molecule has 0 aliphatic heterocycles. The number of benzene rings is 2. The molecule has 0 amide bonds. The average molecular weight is 524 g/mol. The lowest BCUT2D eigenvalue weighted by atomic mass is 9.98. The van der Waals surface area contributed by atoms with Crippen molar-refractivity contribution in [3.8, 4) is 5.75 Å². The number of pyridine rings is 1. The predicted octanol–water partition coefficient (Wildman–Crippen LogP) is 7.86. The van der Waals surface area contributed by atoms with E-state index in [9.17, 15) is 9.59 Å². The topological polar surface area (TPSA) is 68.0 Å². The minimum atomic E-state index is -0.815. The van der Waals surface area contributed by atoms with Gasteiger partial charge < -0.3 is 14.2 Å². The Balaban J connectivity index is 1.51. The molecule has 0 aliphatic rings. The second kappa shape index (κ2) is 13.1. The van der Waals surface area contributed by atoms with Gasteiger partial charge in [-0.2, -0.15) is 0 Å². The summed E-state index contributed by atoms with van der Waals surface area (Å²) in [5.74, 6) is 0.435. The van der Waals surface area contributed by atoms with E-state index in [1.807, 2.05) is 65.2 Å². The number of aryl methyl sites for hydroxylation is 1. The number of ketones is 1. The number of ether oxygens (including phenoxy) is 1. The number of carboxylic acid groups (broad SMARTS) is 1. The molecule has 1 N–H and O–H groups in total. The number of carbonyl (C=O) groups excluding carboxylic acids is 1. The highest BCUT2D eigenvalue weighted by molar-refractivity contribution is 6.13. The summed E-state index contributed by atoms with van der Waals surface area (Å²) in [6, 6.07) is 23.6. The Kier molecular flexibility index (Phi) is 9.37. The summed E-state index contributed by atoms with van der Waals surface area (Å²) >= 11 is 0. The Bertz CT molecular complexity index is 1410. The molecule has 4 rings (SSSR count). The van der Waals surface area contributed by atoms with Crippen molar-refractivity contribution in [3.05, 3.63) is 120 Å². The largest absolute Gasteiger partial charge is 0.486 e. The number of hydrogen-bond donors (Lipinski definition) is 1. The number of allylic oxidation sites excluding steroid dienone is 1. The molecule has 0 radical (unpaired) electrons. The van der Waals surface area contributed by atoms with Gasteiger partial charge in [0, 0.05) is 29.4 Å². The SMILES string of the molecule is C=CCCC(Oc1ccc(C(=O)c2cc(CCCC(=O)O)n3ccccc23)cc1)c1ccc(CC(C)C)cc1. The molecule has 0 saturated heterocycles. The van der Waals surface area contributed by atoms with Crippen molar-refractivity contribution < 1.29 is 19.4 Å². The first-order valence-corrected chi connectivity index (χ1v) is 13.7. The number of carbonyl (C=O) groups is 2. The van der Waals surface area contributed by atoms with Gasteiger partial charge in [-0.1, -0.05) is 50.3 Å². The number of carboxylic acids is 1. The Morgan fingerprint density at radius 2 is 1.77 bits per heavy atom. The summed E-state index contributed by atoms with van der Waals surface area (Å²) in [7, 11) is 0. The zero-order valence-corrected chi connectivity index (χ0v) is 22.8. The van der Waals surface area contributed by atoms with E-state index >= 15 is 0 Å². The van der Waals surface area contributed by atoms with Crippen LogP contribution in [0.25, 0.3) is 5.52 Å². The first-order chi connectivity index (χ1) is 18.9. The number of aromatic nitrogens is 1. The van der Waals surface area contributed by atoms with Crippen LogP contribution in [0.3, 0.4) is 0 Å². The van der Waals surface area contributed by atoms with Crippen molar-refractivity contribution in [1.29, 1.82) is 0 Å². The molecule has 1 unspecified atom stereocenters. The lowest BCUT2D eigenvalue weighted by Gasteiger charge is -2.20. The van der Waals surface area contributed by atoms with Gasteiger partial charge in [0.25, 0.3) is 0 Å². The summed E-state index contributed by atoms with van der Waals surface area (Å²) < 4.78 is 8.37. The van der Waals surface area contributed by atoms with Gasteiger partial charge in [0.05, 0.1) is 5.52 Å². The molecule has 39 heavy (non-hydrogen) atoms. The van der Waals surface area contributed by atoms with E-state index < -0.39 is 5.97 Å². The monoisotopic (exact) mass is 523 g/mol.